The zero-order chi connectivity index (χ0) is 19.4. The van der Waals surface area contributed by atoms with E-state index in [1.807, 2.05) is 18.2 Å². The molecule has 1 aliphatic rings. The van der Waals surface area contributed by atoms with Crippen LogP contribution in [0.4, 0.5) is 11.4 Å². The summed E-state index contributed by atoms with van der Waals surface area (Å²) in [6.45, 7) is 1.84. The van der Waals surface area contributed by atoms with E-state index in [4.69, 9.17) is 4.74 Å². The van der Waals surface area contributed by atoms with Gasteiger partial charge in [-0.2, -0.15) is 0 Å². The summed E-state index contributed by atoms with van der Waals surface area (Å²) in [6, 6.07) is 12.3. The summed E-state index contributed by atoms with van der Waals surface area (Å²) in [5, 5.41) is 2.72. The van der Waals surface area contributed by atoms with Gasteiger partial charge in [-0.3, -0.25) is 9.59 Å². The molecule has 2 aromatic carbocycles. The van der Waals surface area contributed by atoms with Gasteiger partial charge in [0, 0.05) is 16.6 Å². The maximum absolute atomic E-state index is 12.6. The van der Waals surface area contributed by atoms with Gasteiger partial charge in [-0.15, -0.1) is 0 Å². The highest BCUT2D eigenvalue weighted by molar-refractivity contribution is 9.10. The van der Waals surface area contributed by atoms with Gasteiger partial charge in [0.25, 0.3) is 0 Å². The number of hydrogen-bond donors (Lipinski definition) is 1. The molecule has 0 unspecified atom stereocenters. The number of hydrogen-bond acceptors (Lipinski definition) is 4. The van der Waals surface area contributed by atoms with Gasteiger partial charge in [0.05, 0.1) is 17.9 Å². The summed E-state index contributed by atoms with van der Waals surface area (Å²) < 4.78 is 5.95. The Bertz CT molecular complexity index is 897. The molecule has 1 aliphatic heterocycles. The average molecular weight is 431 g/mol. The molecule has 0 atom stereocenters. The lowest BCUT2D eigenvalue weighted by atomic mass is 10.0. The van der Waals surface area contributed by atoms with Crippen LogP contribution < -0.4 is 10.2 Å². The van der Waals surface area contributed by atoms with Gasteiger partial charge >= 0.3 is 5.97 Å². The molecule has 2 aromatic rings. The second-order valence-electron chi connectivity index (χ2n) is 6.07. The van der Waals surface area contributed by atoms with Gasteiger partial charge in [-0.25, -0.2) is 4.79 Å². The molecule has 0 aliphatic carbocycles. The summed E-state index contributed by atoms with van der Waals surface area (Å²) in [7, 11) is 0. The Kier molecular flexibility index (Phi) is 5.91. The average Bonchev–Trinajstić information content (AvgIpc) is 2.64. The fourth-order valence-electron chi connectivity index (χ4n) is 3.01. The van der Waals surface area contributed by atoms with Crippen LogP contribution in [0.5, 0.6) is 0 Å². The minimum absolute atomic E-state index is 0.0985. The molecule has 6 nitrogen and oxygen atoms in total. The lowest BCUT2D eigenvalue weighted by molar-refractivity contribution is -0.121. The maximum atomic E-state index is 12.6. The highest BCUT2D eigenvalue weighted by atomic mass is 79.9. The van der Waals surface area contributed by atoms with Crippen molar-refractivity contribution in [2.45, 2.75) is 19.8 Å². The monoisotopic (exact) mass is 430 g/mol. The summed E-state index contributed by atoms with van der Waals surface area (Å²) in [6.07, 6.45) is 1.01. The van der Waals surface area contributed by atoms with Gasteiger partial charge in [0.1, 0.15) is 6.54 Å². The van der Waals surface area contributed by atoms with Crippen molar-refractivity contribution in [3.63, 3.8) is 0 Å². The lowest BCUT2D eigenvalue weighted by Crippen LogP contribution is -2.41. The fourth-order valence-corrected chi connectivity index (χ4v) is 3.42. The quantitative estimate of drug-likeness (QED) is 0.735. The summed E-state index contributed by atoms with van der Waals surface area (Å²) in [5.74, 6) is -0.979. The van der Waals surface area contributed by atoms with Crippen molar-refractivity contribution >= 4 is 45.1 Å². The van der Waals surface area contributed by atoms with Crippen molar-refractivity contribution in [1.29, 1.82) is 0 Å². The molecular formula is C20H19BrN2O4. The number of fused-ring (bicyclic) bond motifs is 1. The van der Waals surface area contributed by atoms with Gasteiger partial charge in [0.2, 0.25) is 11.8 Å². The molecule has 0 radical (unpaired) electrons. The molecule has 3 rings (SSSR count). The zero-order valence-electron chi connectivity index (χ0n) is 14.8. The van der Waals surface area contributed by atoms with Crippen LogP contribution in [0.25, 0.3) is 0 Å². The molecule has 7 heteroatoms. The van der Waals surface area contributed by atoms with Crippen molar-refractivity contribution < 1.29 is 19.1 Å². The third kappa shape index (κ3) is 4.36. The van der Waals surface area contributed by atoms with Gasteiger partial charge < -0.3 is 15.0 Å². The molecule has 0 saturated carbocycles. The molecule has 140 valence electrons. The van der Waals surface area contributed by atoms with Crippen LogP contribution >= 0.6 is 15.9 Å². The van der Waals surface area contributed by atoms with Gasteiger partial charge in [-0.1, -0.05) is 28.1 Å². The highest BCUT2D eigenvalue weighted by Gasteiger charge is 2.26. The number of carbonyl (C=O) groups is 3. The number of anilines is 2. The van der Waals surface area contributed by atoms with Crippen LogP contribution in [-0.4, -0.2) is 30.9 Å². The number of nitrogens with zero attached hydrogens (tertiary/aromatic N) is 1. The normalized spacial score (nSPS) is 13.1. The molecular weight excluding hydrogens is 412 g/mol. The number of benzene rings is 2. The first-order valence-corrected chi connectivity index (χ1v) is 9.43. The van der Waals surface area contributed by atoms with E-state index in [0.29, 0.717) is 18.5 Å². The van der Waals surface area contributed by atoms with Gasteiger partial charge in [0.15, 0.2) is 0 Å². The Hall–Kier alpha value is -2.67. The molecule has 0 bridgehead atoms. The molecule has 0 aromatic heterocycles. The van der Waals surface area contributed by atoms with E-state index in [-0.39, 0.29) is 30.5 Å². The topological polar surface area (TPSA) is 75.7 Å². The smallest absolute Gasteiger partial charge is 0.340 e. The number of para-hydroxylation sites is 1. The largest absolute Gasteiger partial charge is 0.462 e. The molecule has 0 saturated heterocycles. The summed E-state index contributed by atoms with van der Waals surface area (Å²) in [4.78, 5) is 38.4. The second kappa shape index (κ2) is 8.35. The third-order valence-electron chi connectivity index (χ3n) is 4.24. The first-order valence-electron chi connectivity index (χ1n) is 8.64. The number of esters is 1. The highest BCUT2D eigenvalue weighted by Crippen LogP contribution is 2.30. The van der Waals surface area contributed by atoms with E-state index in [0.717, 1.165) is 15.7 Å². The van der Waals surface area contributed by atoms with Crippen LogP contribution in [0, 0.1) is 0 Å². The van der Waals surface area contributed by atoms with E-state index in [1.165, 1.54) is 4.90 Å². The number of rotatable bonds is 5. The molecule has 1 N–H and O–H groups in total. The standard InChI is InChI=1S/C20H19BrN2O4/c1-2-27-20(26)15-5-3-4-6-16(15)22-18(24)12-23-17-9-8-14(21)11-13(17)7-10-19(23)25/h3-6,8-9,11H,2,7,10,12H2,1H3,(H,22,24). The molecule has 1 heterocycles. The Balaban J connectivity index is 1.78. The van der Waals surface area contributed by atoms with Crippen LogP contribution in [0.3, 0.4) is 0 Å². The van der Waals surface area contributed by atoms with E-state index in [9.17, 15) is 14.4 Å². The van der Waals surface area contributed by atoms with E-state index in [1.54, 1.807) is 31.2 Å². The maximum Gasteiger partial charge on any atom is 0.340 e. The number of ether oxygens (including phenoxy) is 1. The molecule has 27 heavy (non-hydrogen) atoms. The van der Waals surface area contributed by atoms with E-state index >= 15 is 0 Å². The minimum Gasteiger partial charge on any atom is -0.462 e. The number of carbonyl (C=O) groups excluding carboxylic acids is 3. The first kappa shape index (κ1) is 19.1. The van der Waals surface area contributed by atoms with Crippen molar-refractivity contribution in [2.24, 2.45) is 0 Å². The molecule has 0 fully saturated rings. The Morgan fingerprint density at radius 2 is 1.96 bits per heavy atom. The Morgan fingerprint density at radius 1 is 1.19 bits per heavy atom. The third-order valence-corrected chi connectivity index (χ3v) is 4.73. The van der Waals surface area contributed by atoms with Crippen molar-refractivity contribution in [2.75, 3.05) is 23.4 Å². The van der Waals surface area contributed by atoms with Crippen LogP contribution in [0.1, 0.15) is 29.3 Å². The summed E-state index contributed by atoms with van der Waals surface area (Å²) in [5.41, 5.74) is 2.40. The summed E-state index contributed by atoms with van der Waals surface area (Å²) >= 11 is 3.43. The Morgan fingerprint density at radius 3 is 2.74 bits per heavy atom. The molecule has 0 spiro atoms. The number of aryl methyl sites for hydroxylation is 1. The number of halogens is 1. The number of amides is 2. The predicted molar refractivity (Wildman–Crippen MR) is 106 cm³/mol. The minimum atomic E-state index is -0.502. The second-order valence-corrected chi connectivity index (χ2v) is 6.98. The molecule has 2 amide bonds. The van der Waals surface area contributed by atoms with E-state index < -0.39 is 5.97 Å². The fraction of sp³-hybridized carbons (Fsp3) is 0.250. The Labute approximate surface area is 165 Å². The van der Waals surface area contributed by atoms with Crippen LogP contribution in [-0.2, 0) is 20.7 Å². The van der Waals surface area contributed by atoms with E-state index in [2.05, 4.69) is 21.2 Å². The zero-order valence-corrected chi connectivity index (χ0v) is 16.4. The van der Waals surface area contributed by atoms with Crippen molar-refractivity contribution in [3.8, 4) is 0 Å². The lowest BCUT2D eigenvalue weighted by Gasteiger charge is -2.29. The first-order chi connectivity index (χ1) is 13.0. The van der Waals surface area contributed by atoms with Crippen LogP contribution in [0.15, 0.2) is 46.9 Å². The van der Waals surface area contributed by atoms with Crippen molar-refractivity contribution in [3.05, 3.63) is 58.1 Å². The SMILES string of the molecule is CCOC(=O)c1ccccc1NC(=O)CN1C(=O)CCc2cc(Br)ccc21. The number of nitrogens with one attached hydrogen (secondary N) is 1. The van der Waals surface area contributed by atoms with Crippen molar-refractivity contribution in [1.82, 2.24) is 0 Å². The van der Waals surface area contributed by atoms with Crippen LogP contribution in [0.2, 0.25) is 0 Å². The predicted octanol–water partition coefficient (Wildman–Crippen LogP) is 3.54. The van der Waals surface area contributed by atoms with Gasteiger partial charge in [-0.05, 0) is 49.2 Å².